The van der Waals surface area contributed by atoms with Crippen LogP contribution in [0.5, 0.6) is 0 Å². The Balaban J connectivity index is 3.12. The summed E-state index contributed by atoms with van der Waals surface area (Å²) in [5, 5.41) is 2.27. The van der Waals surface area contributed by atoms with Crippen molar-refractivity contribution < 1.29 is 4.74 Å². The van der Waals surface area contributed by atoms with Crippen molar-refractivity contribution in [3.63, 3.8) is 0 Å². The average Bonchev–Trinajstić information content (AvgIpc) is 2.77. The summed E-state index contributed by atoms with van der Waals surface area (Å²) in [6.07, 6.45) is 29.1. The summed E-state index contributed by atoms with van der Waals surface area (Å²) in [7, 11) is 2.18. The van der Waals surface area contributed by atoms with E-state index in [0.717, 1.165) is 32.7 Å². The average molecular weight is 441 g/mol. The second-order valence-corrected chi connectivity index (χ2v) is 9.66. The quantitative estimate of drug-likeness (QED) is 0.102. The molecule has 0 saturated heterocycles. The van der Waals surface area contributed by atoms with Crippen molar-refractivity contribution in [1.82, 2.24) is 10.4 Å². The number of unbranched alkanes of at least 4 members (excludes halogenated alkanes) is 18. The Hall–Kier alpha value is -0.120. The summed E-state index contributed by atoms with van der Waals surface area (Å²) < 4.78 is 5.80. The molecule has 0 atom stereocenters. The summed E-state index contributed by atoms with van der Waals surface area (Å²) in [5.74, 6) is 0. The highest BCUT2D eigenvalue weighted by atomic mass is 16.5. The van der Waals surface area contributed by atoms with Crippen molar-refractivity contribution in [2.45, 2.75) is 149 Å². The number of hydrogen-bond acceptors (Lipinski definition) is 3. The lowest BCUT2D eigenvalue weighted by molar-refractivity contribution is 0.120. The highest BCUT2D eigenvalue weighted by Gasteiger charge is 1.98. The molecule has 0 aliphatic heterocycles. The van der Waals surface area contributed by atoms with E-state index >= 15 is 0 Å². The van der Waals surface area contributed by atoms with Crippen LogP contribution in [0.15, 0.2) is 0 Å². The molecule has 0 saturated carbocycles. The highest BCUT2D eigenvalue weighted by Crippen LogP contribution is 2.11. The molecule has 188 valence electrons. The molecule has 0 aromatic carbocycles. The van der Waals surface area contributed by atoms with Crippen molar-refractivity contribution >= 4 is 0 Å². The van der Waals surface area contributed by atoms with Crippen molar-refractivity contribution in [2.75, 3.05) is 33.4 Å². The van der Waals surface area contributed by atoms with E-state index in [1.807, 2.05) is 0 Å². The van der Waals surface area contributed by atoms with Gasteiger partial charge in [0.15, 0.2) is 0 Å². The van der Waals surface area contributed by atoms with Gasteiger partial charge in [-0.1, -0.05) is 129 Å². The Morgan fingerprint density at radius 3 is 1.35 bits per heavy atom. The number of hydrazine groups is 1. The van der Waals surface area contributed by atoms with Gasteiger partial charge in [-0.15, -0.1) is 0 Å². The summed E-state index contributed by atoms with van der Waals surface area (Å²) in [6.45, 7) is 8.63. The Kier molecular flexibility index (Phi) is 27.8. The molecule has 1 N–H and O–H groups in total. The molecule has 3 nitrogen and oxygen atoms in total. The Bertz CT molecular complexity index is 311. The van der Waals surface area contributed by atoms with Crippen LogP contribution in [0.2, 0.25) is 0 Å². The summed E-state index contributed by atoms with van der Waals surface area (Å²) in [4.78, 5) is 0. The van der Waals surface area contributed by atoms with E-state index in [2.05, 4.69) is 31.3 Å². The van der Waals surface area contributed by atoms with Crippen LogP contribution in [-0.4, -0.2) is 38.4 Å². The van der Waals surface area contributed by atoms with Crippen molar-refractivity contribution in [1.29, 1.82) is 0 Å². The number of hydrogen-bond donors (Lipinski definition) is 1. The minimum atomic E-state index is 0.899. The highest BCUT2D eigenvalue weighted by molar-refractivity contribution is 4.51. The first-order valence-electron chi connectivity index (χ1n) is 14.3. The van der Waals surface area contributed by atoms with Crippen LogP contribution in [0.3, 0.4) is 0 Å². The molecular weight excluding hydrogens is 380 g/mol. The van der Waals surface area contributed by atoms with Gasteiger partial charge in [-0.05, 0) is 19.3 Å². The van der Waals surface area contributed by atoms with Gasteiger partial charge in [0, 0.05) is 33.4 Å². The number of rotatable bonds is 27. The Morgan fingerprint density at radius 2 is 0.871 bits per heavy atom. The van der Waals surface area contributed by atoms with E-state index in [1.165, 1.54) is 128 Å². The van der Waals surface area contributed by atoms with Crippen LogP contribution in [0, 0.1) is 0 Å². The van der Waals surface area contributed by atoms with Gasteiger partial charge in [0.25, 0.3) is 0 Å². The summed E-state index contributed by atoms with van der Waals surface area (Å²) in [6, 6.07) is 0. The zero-order valence-electron chi connectivity index (χ0n) is 22.0. The molecule has 0 aliphatic carbocycles. The van der Waals surface area contributed by atoms with E-state index < -0.39 is 0 Å². The second-order valence-electron chi connectivity index (χ2n) is 9.66. The van der Waals surface area contributed by atoms with Gasteiger partial charge in [0.05, 0.1) is 0 Å². The van der Waals surface area contributed by atoms with Crippen LogP contribution in [-0.2, 0) is 4.74 Å². The maximum absolute atomic E-state index is 5.80. The molecular formula is C28H60N2O. The molecule has 0 fully saturated rings. The number of nitrogens with one attached hydrogen (secondary N) is 1. The fraction of sp³-hybridized carbons (Fsp3) is 1.00. The Labute approximate surface area is 197 Å². The Morgan fingerprint density at radius 1 is 0.484 bits per heavy atom. The summed E-state index contributed by atoms with van der Waals surface area (Å²) in [5.41, 5.74) is 3.51. The predicted octanol–water partition coefficient (Wildman–Crippen LogP) is 8.67. The monoisotopic (exact) mass is 440 g/mol. The lowest BCUT2D eigenvalue weighted by Gasteiger charge is -2.18. The van der Waals surface area contributed by atoms with Crippen LogP contribution >= 0.6 is 0 Å². The van der Waals surface area contributed by atoms with Gasteiger partial charge in [0.1, 0.15) is 0 Å². The van der Waals surface area contributed by atoms with Crippen LogP contribution < -0.4 is 5.43 Å². The first-order chi connectivity index (χ1) is 15.3. The molecule has 0 aliphatic rings. The van der Waals surface area contributed by atoms with Crippen molar-refractivity contribution in [3.8, 4) is 0 Å². The largest absolute Gasteiger partial charge is 0.381 e. The number of ether oxygens (including phenoxy) is 1. The second kappa shape index (κ2) is 27.9. The van der Waals surface area contributed by atoms with E-state index in [4.69, 9.17) is 4.74 Å². The molecule has 0 unspecified atom stereocenters. The zero-order valence-corrected chi connectivity index (χ0v) is 22.0. The smallest absolute Gasteiger partial charge is 0.0478 e. The first-order valence-corrected chi connectivity index (χ1v) is 14.3. The molecule has 0 radical (unpaired) electrons. The van der Waals surface area contributed by atoms with Gasteiger partial charge in [-0.3, -0.25) is 5.43 Å². The normalized spacial score (nSPS) is 11.6. The van der Waals surface area contributed by atoms with Crippen molar-refractivity contribution in [2.24, 2.45) is 0 Å². The van der Waals surface area contributed by atoms with E-state index in [0.29, 0.717) is 0 Å². The lowest BCUT2D eigenvalue weighted by Crippen LogP contribution is -2.36. The van der Waals surface area contributed by atoms with Gasteiger partial charge >= 0.3 is 0 Å². The van der Waals surface area contributed by atoms with Crippen LogP contribution in [0.25, 0.3) is 0 Å². The zero-order chi connectivity index (χ0) is 22.7. The maximum Gasteiger partial charge on any atom is 0.0478 e. The minimum Gasteiger partial charge on any atom is -0.381 e. The summed E-state index contributed by atoms with van der Waals surface area (Å²) >= 11 is 0. The molecule has 31 heavy (non-hydrogen) atoms. The topological polar surface area (TPSA) is 24.5 Å². The van der Waals surface area contributed by atoms with E-state index in [9.17, 15) is 0 Å². The fourth-order valence-corrected chi connectivity index (χ4v) is 4.15. The minimum absolute atomic E-state index is 0.899. The SMILES string of the molecule is CCCCCCCCCCCCOCCCNN(C)CCCCCCCCCCCC. The third kappa shape index (κ3) is 27.8. The molecule has 0 amide bonds. The third-order valence-electron chi connectivity index (χ3n) is 6.34. The first kappa shape index (κ1) is 30.9. The van der Waals surface area contributed by atoms with Crippen molar-refractivity contribution in [3.05, 3.63) is 0 Å². The molecule has 3 heteroatoms. The van der Waals surface area contributed by atoms with E-state index in [-0.39, 0.29) is 0 Å². The fourth-order valence-electron chi connectivity index (χ4n) is 4.15. The van der Waals surface area contributed by atoms with Crippen LogP contribution in [0.4, 0.5) is 0 Å². The molecule has 0 heterocycles. The predicted molar refractivity (Wildman–Crippen MR) is 140 cm³/mol. The van der Waals surface area contributed by atoms with Gasteiger partial charge in [-0.2, -0.15) is 0 Å². The molecule has 0 rings (SSSR count). The lowest BCUT2D eigenvalue weighted by atomic mass is 10.1. The van der Waals surface area contributed by atoms with Gasteiger partial charge in [-0.25, -0.2) is 5.01 Å². The van der Waals surface area contributed by atoms with Gasteiger partial charge in [0.2, 0.25) is 0 Å². The third-order valence-corrected chi connectivity index (χ3v) is 6.34. The van der Waals surface area contributed by atoms with E-state index in [1.54, 1.807) is 0 Å². The maximum atomic E-state index is 5.80. The molecule has 0 aromatic rings. The molecule has 0 bridgehead atoms. The number of nitrogens with zero attached hydrogens (tertiary/aromatic N) is 1. The van der Waals surface area contributed by atoms with Gasteiger partial charge < -0.3 is 4.74 Å². The van der Waals surface area contributed by atoms with Crippen LogP contribution in [0.1, 0.15) is 149 Å². The molecule has 0 spiro atoms. The standard InChI is InChI=1S/C28H60N2O/c1-4-6-8-10-12-14-16-18-20-22-26-30(3)29-25-24-28-31-27-23-21-19-17-15-13-11-9-7-5-2/h29H,4-28H2,1-3H3. The molecule has 0 aromatic heterocycles.